The summed E-state index contributed by atoms with van der Waals surface area (Å²) in [6.45, 7) is 0. The molecule has 0 N–H and O–H groups in total. The van der Waals surface area contributed by atoms with E-state index in [-0.39, 0.29) is 0 Å². The molecule has 0 bridgehead atoms. The van der Waals surface area contributed by atoms with Gasteiger partial charge in [-0.05, 0) is 127 Å². The smallest absolute Gasteiger partial charge is 0.000697 e. The van der Waals surface area contributed by atoms with Gasteiger partial charge in [0, 0.05) is 0 Å². The Bertz CT molecular complexity index is 3000. The van der Waals surface area contributed by atoms with E-state index in [1.54, 1.807) is 0 Å². The van der Waals surface area contributed by atoms with E-state index >= 15 is 0 Å². The van der Waals surface area contributed by atoms with Crippen LogP contribution in [-0.2, 0) is 0 Å². The summed E-state index contributed by atoms with van der Waals surface area (Å²) < 4.78 is 0. The molecule has 0 aliphatic carbocycles. The van der Waals surface area contributed by atoms with E-state index in [2.05, 4.69) is 158 Å². The molecule has 0 saturated heterocycles. The molecule has 11 aromatic rings. The second kappa shape index (κ2) is 8.81. The SMILES string of the molecule is c1ccc(-c2c3cc(-c4cc5ccccc5c5ccccc45)cc4c5ccccc5c(c34)c3c4cccc5cccc(c23)c54)cc1. The van der Waals surface area contributed by atoms with Gasteiger partial charge in [0.05, 0.1) is 0 Å². The monoisotopic (exact) mass is 578 g/mol. The zero-order chi connectivity index (χ0) is 29.9. The molecule has 0 nitrogen and oxygen atoms in total. The maximum absolute atomic E-state index is 2.50. The first-order chi connectivity index (χ1) is 22.8. The second-order valence-electron chi connectivity index (χ2n) is 12.8. The van der Waals surface area contributed by atoms with Gasteiger partial charge in [-0.1, -0.05) is 140 Å². The lowest BCUT2D eigenvalue weighted by Gasteiger charge is -2.16. The molecule has 0 amide bonds. The standard InChI is InChI=1S/C46H26/c1-2-12-28(13-3-1)42-40-26-30(38-24-29-14-4-5-17-31(29)32-18-6-7-19-33(32)38)25-39-34-20-8-9-21-35(34)44(43(39)40)46-37-23-11-16-27-15-10-22-36(41(27)37)45(42)46/h1-26H. The van der Waals surface area contributed by atoms with Crippen molar-refractivity contribution in [3.63, 3.8) is 0 Å². The van der Waals surface area contributed by atoms with Crippen molar-refractivity contribution in [3.8, 4) is 22.3 Å². The lowest BCUT2D eigenvalue weighted by atomic mass is 9.87. The molecule has 0 aliphatic rings. The molecular formula is C46H26. The zero-order valence-electron chi connectivity index (χ0n) is 25.0. The fraction of sp³-hybridized carbons (Fsp3) is 0. The Morgan fingerprint density at radius 2 is 0.783 bits per heavy atom. The van der Waals surface area contributed by atoms with Crippen LogP contribution in [0.15, 0.2) is 158 Å². The molecule has 210 valence electrons. The third-order valence-electron chi connectivity index (χ3n) is 10.5. The average molecular weight is 579 g/mol. The summed E-state index contributed by atoms with van der Waals surface area (Å²) in [7, 11) is 0. The molecule has 46 heavy (non-hydrogen) atoms. The van der Waals surface area contributed by atoms with E-state index in [1.807, 2.05) is 0 Å². The lowest BCUT2D eigenvalue weighted by molar-refractivity contribution is 1.69. The third kappa shape index (κ3) is 3.04. The zero-order valence-corrected chi connectivity index (χ0v) is 25.0. The number of hydrogen-bond donors (Lipinski definition) is 0. The molecule has 11 rings (SSSR count). The molecular weight excluding hydrogens is 553 g/mol. The van der Waals surface area contributed by atoms with Crippen LogP contribution in [0.3, 0.4) is 0 Å². The van der Waals surface area contributed by atoms with E-state index < -0.39 is 0 Å². The van der Waals surface area contributed by atoms with Crippen molar-refractivity contribution in [1.82, 2.24) is 0 Å². The molecule has 0 radical (unpaired) electrons. The van der Waals surface area contributed by atoms with Crippen LogP contribution in [-0.4, -0.2) is 0 Å². The summed E-state index contributed by atoms with van der Waals surface area (Å²) in [6, 6.07) is 58.9. The summed E-state index contributed by atoms with van der Waals surface area (Å²) in [4.78, 5) is 0. The van der Waals surface area contributed by atoms with Crippen LogP contribution in [0.4, 0.5) is 0 Å². The summed E-state index contributed by atoms with van der Waals surface area (Å²) in [6.07, 6.45) is 0. The largest absolute Gasteiger partial charge is 0.0622 e. The summed E-state index contributed by atoms with van der Waals surface area (Å²) >= 11 is 0. The van der Waals surface area contributed by atoms with Crippen molar-refractivity contribution in [1.29, 1.82) is 0 Å². The normalized spacial score (nSPS) is 12.3. The highest BCUT2D eigenvalue weighted by Crippen LogP contribution is 2.54. The van der Waals surface area contributed by atoms with E-state index in [9.17, 15) is 0 Å². The van der Waals surface area contributed by atoms with Gasteiger partial charge in [0.1, 0.15) is 0 Å². The molecule has 0 unspecified atom stereocenters. The van der Waals surface area contributed by atoms with Crippen LogP contribution < -0.4 is 0 Å². The average Bonchev–Trinajstić information content (AvgIpc) is 3.63. The quantitative estimate of drug-likeness (QED) is 0.179. The van der Waals surface area contributed by atoms with Gasteiger partial charge in [-0.15, -0.1) is 0 Å². The van der Waals surface area contributed by atoms with Gasteiger partial charge < -0.3 is 0 Å². The van der Waals surface area contributed by atoms with Crippen molar-refractivity contribution in [2.24, 2.45) is 0 Å². The van der Waals surface area contributed by atoms with E-state index in [4.69, 9.17) is 0 Å². The third-order valence-corrected chi connectivity index (χ3v) is 10.5. The Balaban J connectivity index is 1.44. The Kier molecular flexibility index (Phi) is 4.66. The van der Waals surface area contributed by atoms with Crippen LogP contribution in [0.1, 0.15) is 0 Å². The van der Waals surface area contributed by atoms with Crippen LogP contribution in [0.5, 0.6) is 0 Å². The maximum Gasteiger partial charge on any atom is -0.000697 e. The van der Waals surface area contributed by atoms with Crippen LogP contribution in [0.2, 0.25) is 0 Å². The summed E-state index contributed by atoms with van der Waals surface area (Å²) in [5.74, 6) is 0. The van der Waals surface area contributed by atoms with Crippen molar-refractivity contribution < 1.29 is 0 Å². The van der Waals surface area contributed by atoms with Gasteiger partial charge >= 0.3 is 0 Å². The van der Waals surface area contributed by atoms with Gasteiger partial charge in [0.15, 0.2) is 0 Å². The highest BCUT2D eigenvalue weighted by Gasteiger charge is 2.25. The highest BCUT2D eigenvalue weighted by molar-refractivity contribution is 6.48. The van der Waals surface area contributed by atoms with Gasteiger partial charge in [-0.2, -0.15) is 0 Å². The number of hydrogen-bond acceptors (Lipinski definition) is 0. The fourth-order valence-corrected chi connectivity index (χ4v) is 8.69. The lowest BCUT2D eigenvalue weighted by Crippen LogP contribution is -1.88. The molecule has 0 aliphatic heterocycles. The molecule has 0 aromatic heterocycles. The van der Waals surface area contributed by atoms with Crippen molar-refractivity contribution in [2.45, 2.75) is 0 Å². The van der Waals surface area contributed by atoms with E-state index in [0.717, 1.165) is 0 Å². The number of fused-ring (bicyclic) bond motifs is 10. The first-order valence-electron chi connectivity index (χ1n) is 16.1. The van der Waals surface area contributed by atoms with Gasteiger partial charge in [0.25, 0.3) is 0 Å². The maximum atomic E-state index is 2.50. The molecule has 0 heteroatoms. The Labute approximate surface area is 265 Å². The second-order valence-corrected chi connectivity index (χ2v) is 12.8. The minimum absolute atomic E-state index is 1.26. The molecule has 0 saturated carbocycles. The Hall–Kier alpha value is -5.98. The Morgan fingerprint density at radius 3 is 1.57 bits per heavy atom. The van der Waals surface area contributed by atoms with Crippen molar-refractivity contribution >= 4 is 86.2 Å². The number of benzene rings is 9. The van der Waals surface area contributed by atoms with Crippen LogP contribution in [0, 0.1) is 0 Å². The van der Waals surface area contributed by atoms with Gasteiger partial charge in [0.2, 0.25) is 0 Å². The van der Waals surface area contributed by atoms with Crippen LogP contribution in [0.25, 0.3) is 108 Å². The van der Waals surface area contributed by atoms with E-state index in [1.165, 1.54) is 108 Å². The van der Waals surface area contributed by atoms with E-state index in [0.29, 0.717) is 0 Å². The molecule has 0 heterocycles. The number of rotatable bonds is 2. The Morgan fingerprint density at radius 1 is 0.239 bits per heavy atom. The highest BCUT2D eigenvalue weighted by atomic mass is 14.3. The van der Waals surface area contributed by atoms with Crippen molar-refractivity contribution in [3.05, 3.63) is 158 Å². The first kappa shape index (κ1) is 24.4. The molecule has 0 atom stereocenters. The van der Waals surface area contributed by atoms with Gasteiger partial charge in [-0.3, -0.25) is 0 Å². The molecule has 0 fully saturated rings. The predicted molar refractivity (Wildman–Crippen MR) is 200 cm³/mol. The fourth-order valence-electron chi connectivity index (χ4n) is 8.69. The predicted octanol–water partition coefficient (Wildman–Crippen LogP) is 13.1. The topological polar surface area (TPSA) is 0 Å². The van der Waals surface area contributed by atoms with Gasteiger partial charge in [-0.25, -0.2) is 0 Å². The minimum Gasteiger partial charge on any atom is -0.0622 e. The van der Waals surface area contributed by atoms with Crippen molar-refractivity contribution in [2.75, 3.05) is 0 Å². The minimum atomic E-state index is 1.26. The first-order valence-corrected chi connectivity index (χ1v) is 16.1. The van der Waals surface area contributed by atoms with Crippen LogP contribution >= 0.6 is 0 Å². The summed E-state index contributed by atoms with van der Waals surface area (Å²) in [5, 5.41) is 21.3. The molecule has 11 aromatic carbocycles. The summed E-state index contributed by atoms with van der Waals surface area (Å²) in [5.41, 5.74) is 5.14. The molecule has 0 spiro atoms.